The van der Waals surface area contributed by atoms with Crippen molar-refractivity contribution in [3.63, 3.8) is 0 Å². The number of benzene rings is 1. The molecule has 0 amide bonds. The summed E-state index contributed by atoms with van der Waals surface area (Å²) in [6, 6.07) is 5.15. The average Bonchev–Trinajstić information content (AvgIpc) is 2.85. The van der Waals surface area contributed by atoms with Crippen molar-refractivity contribution in [2.45, 2.75) is 13.3 Å². The van der Waals surface area contributed by atoms with Crippen LogP contribution in [-0.2, 0) is 11.2 Å². The fourth-order valence-electron chi connectivity index (χ4n) is 1.82. The maximum Gasteiger partial charge on any atom is 0.340 e. The zero-order valence-corrected chi connectivity index (χ0v) is 12.3. The molecule has 3 N–H and O–H groups in total. The summed E-state index contributed by atoms with van der Waals surface area (Å²) < 4.78 is 4.76. The van der Waals surface area contributed by atoms with Crippen LogP contribution in [0.5, 0.6) is 0 Å². The third-order valence-electron chi connectivity index (χ3n) is 2.77. The molecule has 20 heavy (non-hydrogen) atoms. The molecule has 0 atom stereocenters. The molecular weight excluding hydrogens is 274 g/mol. The molecule has 6 heteroatoms. The van der Waals surface area contributed by atoms with E-state index in [1.165, 1.54) is 7.11 Å². The number of rotatable bonds is 5. The molecule has 0 aliphatic heterocycles. The summed E-state index contributed by atoms with van der Waals surface area (Å²) in [4.78, 5) is 16.1. The molecule has 1 aromatic carbocycles. The Kier molecular flexibility index (Phi) is 4.57. The molecule has 0 aliphatic rings. The predicted octanol–water partition coefficient (Wildman–Crippen LogP) is 2.47. The summed E-state index contributed by atoms with van der Waals surface area (Å²) in [5.74, 6) is -0.398. The molecule has 0 fully saturated rings. The Morgan fingerprint density at radius 3 is 2.95 bits per heavy atom. The molecule has 1 heterocycles. The number of ether oxygens (including phenoxy) is 1. The van der Waals surface area contributed by atoms with Crippen LogP contribution in [-0.4, -0.2) is 24.6 Å². The van der Waals surface area contributed by atoms with E-state index >= 15 is 0 Å². The molecule has 0 unspecified atom stereocenters. The van der Waals surface area contributed by atoms with E-state index in [4.69, 9.17) is 10.5 Å². The van der Waals surface area contributed by atoms with E-state index in [0.717, 1.165) is 22.8 Å². The Morgan fingerprint density at radius 2 is 2.30 bits per heavy atom. The molecule has 106 valence electrons. The van der Waals surface area contributed by atoms with Gasteiger partial charge in [0.15, 0.2) is 0 Å². The van der Waals surface area contributed by atoms with E-state index in [9.17, 15) is 4.79 Å². The lowest BCUT2D eigenvalue weighted by Crippen LogP contribution is -2.11. The first-order chi connectivity index (χ1) is 9.60. The largest absolute Gasteiger partial charge is 0.465 e. The molecule has 2 rings (SSSR count). The Hall–Kier alpha value is -2.08. The SMILES string of the molecule is COC(=O)c1cc(N)ccc1NCCc1nc(C)cs1. The van der Waals surface area contributed by atoms with Gasteiger partial charge in [-0.25, -0.2) is 9.78 Å². The van der Waals surface area contributed by atoms with Crippen LogP contribution < -0.4 is 11.1 Å². The number of methoxy groups -OCH3 is 1. The van der Waals surface area contributed by atoms with Crippen molar-refractivity contribution >= 4 is 28.7 Å². The van der Waals surface area contributed by atoms with Gasteiger partial charge in [0.2, 0.25) is 0 Å². The number of nitrogens with zero attached hydrogens (tertiary/aromatic N) is 1. The number of aromatic nitrogens is 1. The highest BCUT2D eigenvalue weighted by atomic mass is 32.1. The minimum absolute atomic E-state index is 0.398. The number of hydrogen-bond donors (Lipinski definition) is 2. The number of hydrogen-bond acceptors (Lipinski definition) is 6. The highest BCUT2D eigenvalue weighted by Gasteiger charge is 2.12. The fourth-order valence-corrected chi connectivity index (χ4v) is 2.59. The highest BCUT2D eigenvalue weighted by Crippen LogP contribution is 2.20. The second kappa shape index (κ2) is 6.38. The Balaban J connectivity index is 2.03. The Morgan fingerprint density at radius 1 is 1.50 bits per heavy atom. The topological polar surface area (TPSA) is 77.2 Å². The number of thiazole rings is 1. The number of aryl methyl sites for hydroxylation is 1. The van der Waals surface area contributed by atoms with E-state index in [-0.39, 0.29) is 0 Å². The van der Waals surface area contributed by atoms with Crippen molar-refractivity contribution in [3.05, 3.63) is 39.8 Å². The standard InChI is InChI=1S/C14H17N3O2S/c1-9-8-20-13(17-9)5-6-16-12-4-3-10(15)7-11(12)14(18)19-2/h3-4,7-8,16H,5-6,15H2,1-2H3. The van der Waals surface area contributed by atoms with Crippen molar-refractivity contribution < 1.29 is 9.53 Å². The Labute approximate surface area is 121 Å². The van der Waals surface area contributed by atoms with Gasteiger partial charge in [-0.2, -0.15) is 0 Å². The monoisotopic (exact) mass is 291 g/mol. The van der Waals surface area contributed by atoms with Crippen LogP contribution in [0.4, 0.5) is 11.4 Å². The minimum Gasteiger partial charge on any atom is -0.465 e. The first kappa shape index (κ1) is 14.3. The lowest BCUT2D eigenvalue weighted by molar-refractivity contribution is 0.0602. The van der Waals surface area contributed by atoms with Crippen molar-refractivity contribution in [2.24, 2.45) is 0 Å². The number of anilines is 2. The number of esters is 1. The normalized spacial score (nSPS) is 10.3. The zero-order chi connectivity index (χ0) is 14.5. The molecule has 1 aromatic heterocycles. The Bertz CT molecular complexity index is 610. The quantitative estimate of drug-likeness (QED) is 0.653. The third-order valence-corrected chi connectivity index (χ3v) is 3.80. The molecule has 2 aromatic rings. The van der Waals surface area contributed by atoms with Crippen LogP contribution in [0.3, 0.4) is 0 Å². The van der Waals surface area contributed by atoms with Gasteiger partial charge in [0.25, 0.3) is 0 Å². The minimum atomic E-state index is -0.398. The lowest BCUT2D eigenvalue weighted by Gasteiger charge is -2.10. The van der Waals surface area contributed by atoms with Gasteiger partial charge in [0.1, 0.15) is 0 Å². The first-order valence-electron chi connectivity index (χ1n) is 6.23. The van der Waals surface area contributed by atoms with Gasteiger partial charge in [-0.05, 0) is 25.1 Å². The maximum absolute atomic E-state index is 11.7. The fraction of sp³-hybridized carbons (Fsp3) is 0.286. The number of nitrogens with two attached hydrogens (primary N) is 1. The van der Waals surface area contributed by atoms with Crippen molar-refractivity contribution in [3.8, 4) is 0 Å². The van der Waals surface area contributed by atoms with Crippen LogP contribution in [0, 0.1) is 6.92 Å². The van der Waals surface area contributed by atoms with Gasteiger partial charge in [-0.15, -0.1) is 11.3 Å². The summed E-state index contributed by atoms with van der Waals surface area (Å²) in [5.41, 5.74) is 8.44. The second-order valence-corrected chi connectivity index (χ2v) is 5.30. The average molecular weight is 291 g/mol. The van der Waals surface area contributed by atoms with Gasteiger partial charge in [0, 0.05) is 35.4 Å². The van der Waals surface area contributed by atoms with E-state index in [1.54, 1.807) is 29.5 Å². The van der Waals surface area contributed by atoms with Gasteiger partial charge in [-0.1, -0.05) is 0 Å². The van der Waals surface area contributed by atoms with E-state index in [1.807, 2.05) is 12.3 Å². The third kappa shape index (κ3) is 3.48. The van der Waals surface area contributed by atoms with E-state index < -0.39 is 5.97 Å². The molecule has 0 saturated carbocycles. The molecular formula is C14H17N3O2S. The van der Waals surface area contributed by atoms with Crippen LogP contribution in [0.2, 0.25) is 0 Å². The van der Waals surface area contributed by atoms with Gasteiger partial charge >= 0.3 is 5.97 Å². The number of nitrogens with one attached hydrogen (secondary N) is 1. The zero-order valence-electron chi connectivity index (χ0n) is 11.5. The van der Waals surface area contributed by atoms with E-state index in [0.29, 0.717) is 17.8 Å². The van der Waals surface area contributed by atoms with Gasteiger partial charge in [0.05, 0.1) is 17.7 Å². The molecule has 0 bridgehead atoms. The second-order valence-electron chi connectivity index (χ2n) is 4.36. The summed E-state index contributed by atoms with van der Waals surface area (Å²) >= 11 is 1.64. The molecule has 5 nitrogen and oxygen atoms in total. The van der Waals surface area contributed by atoms with Gasteiger partial charge < -0.3 is 15.8 Å². The smallest absolute Gasteiger partial charge is 0.340 e. The molecule has 0 saturated heterocycles. The van der Waals surface area contributed by atoms with Crippen LogP contribution >= 0.6 is 11.3 Å². The number of carbonyl (C=O) groups is 1. The van der Waals surface area contributed by atoms with Crippen LogP contribution in [0.25, 0.3) is 0 Å². The number of nitrogen functional groups attached to an aromatic ring is 1. The van der Waals surface area contributed by atoms with E-state index in [2.05, 4.69) is 10.3 Å². The van der Waals surface area contributed by atoms with Crippen molar-refractivity contribution in [1.29, 1.82) is 0 Å². The summed E-state index contributed by atoms with van der Waals surface area (Å²) in [6.45, 7) is 2.67. The van der Waals surface area contributed by atoms with Crippen molar-refractivity contribution in [2.75, 3.05) is 24.7 Å². The van der Waals surface area contributed by atoms with Crippen LogP contribution in [0.15, 0.2) is 23.6 Å². The summed E-state index contributed by atoms with van der Waals surface area (Å²) in [6.07, 6.45) is 0.809. The molecule has 0 aliphatic carbocycles. The number of carbonyl (C=O) groups excluding carboxylic acids is 1. The lowest BCUT2D eigenvalue weighted by atomic mass is 10.1. The predicted molar refractivity (Wildman–Crippen MR) is 81.2 cm³/mol. The highest BCUT2D eigenvalue weighted by molar-refractivity contribution is 7.09. The molecule has 0 spiro atoms. The molecule has 0 radical (unpaired) electrons. The summed E-state index contributed by atoms with van der Waals surface area (Å²) in [5, 5.41) is 6.32. The summed E-state index contributed by atoms with van der Waals surface area (Å²) in [7, 11) is 1.35. The van der Waals surface area contributed by atoms with Crippen molar-refractivity contribution in [1.82, 2.24) is 4.98 Å². The maximum atomic E-state index is 11.7. The first-order valence-corrected chi connectivity index (χ1v) is 7.11. The van der Waals surface area contributed by atoms with Crippen LogP contribution in [0.1, 0.15) is 21.1 Å². The van der Waals surface area contributed by atoms with Gasteiger partial charge in [-0.3, -0.25) is 0 Å².